The summed E-state index contributed by atoms with van der Waals surface area (Å²) in [7, 11) is 1.48. The molecule has 92 valence electrons. The molecule has 0 aliphatic carbocycles. The van der Waals surface area contributed by atoms with Crippen molar-refractivity contribution in [3.8, 4) is 0 Å². The molecule has 0 saturated carbocycles. The lowest BCUT2D eigenvalue weighted by Gasteiger charge is -2.14. The Morgan fingerprint density at radius 3 is 2.19 bits per heavy atom. The first-order chi connectivity index (χ1) is 7.36. The molecule has 0 rings (SSSR count). The molecule has 0 aliphatic rings. The lowest BCUT2D eigenvalue weighted by molar-refractivity contribution is -0.138. The second-order valence-corrected chi connectivity index (χ2v) is 3.81. The zero-order valence-electron chi connectivity index (χ0n) is 9.74. The first-order valence-corrected chi connectivity index (χ1v) is 5.09. The molecule has 0 aliphatic heterocycles. The fourth-order valence-corrected chi connectivity index (χ4v) is 1.27. The third kappa shape index (κ3) is 6.00. The number of nitrogens with one attached hydrogen (secondary N) is 2. The minimum atomic E-state index is -0.931. The van der Waals surface area contributed by atoms with Crippen LogP contribution in [0.3, 0.4) is 0 Å². The summed E-state index contributed by atoms with van der Waals surface area (Å²) in [6, 6.07) is -0.602. The molecule has 0 aromatic carbocycles. The maximum Gasteiger partial charge on any atom is 0.303 e. The average Bonchev–Trinajstić information content (AvgIpc) is 2.14. The van der Waals surface area contributed by atoms with E-state index < -0.39 is 12.0 Å². The average molecular weight is 230 g/mol. The highest BCUT2D eigenvalue weighted by atomic mass is 16.4. The molecular formula is C10H18N2O4. The van der Waals surface area contributed by atoms with Crippen molar-refractivity contribution in [2.75, 3.05) is 7.05 Å². The molecule has 0 bridgehead atoms. The van der Waals surface area contributed by atoms with Gasteiger partial charge in [0.05, 0.1) is 0 Å². The summed E-state index contributed by atoms with van der Waals surface area (Å²) in [5, 5.41) is 13.4. The third-order valence-corrected chi connectivity index (χ3v) is 2.07. The number of likely N-dealkylation sites (N-methyl/N-ethyl adjacent to an activating group) is 1. The summed E-state index contributed by atoms with van der Waals surface area (Å²) in [5.41, 5.74) is 0. The molecule has 6 heteroatoms. The number of rotatable bonds is 6. The maximum absolute atomic E-state index is 11.4. The number of carbonyl (C=O) groups excluding carboxylic acids is 2. The molecule has 0 aromatic rings. The summed E-state index contributed by atoms with van der Waals surface area (Å²) >= 11 is 0. The van der Waals surface area contributed by atoms with Gasteiger partial charge in [-0.3, -0.25) is 14.4 Å². The Kier molecular flexibility index (Phi) is 6.14. The number of carboxylic acids is 1. The zero-order chi connectivity index (χ0) is 12.7. The van der Waals surface area contributed by atoms with Crippen LogP contribution in [0.2, 0.25) is 0 Å². The fraction of sp³-hybridized carbons (Fsp3) is 0.700. The van der Waals surface area contributed by atoms with Gasteiger partial charge in [0.1, 0.15) is 6.04 Å². The lowest BCUT2D eigenvalue weighted by Crippen LogP contribution is -2.43. The van der Waals surface area contributed by atoms with Crippen LogP contribution in [0.1, 0.15) is 26.7 Å². The number of carbonyl (C=O) groups is 3. The van der Waals surface area contributed by atoms with E-state index >= 15 is 0 Å². The number of aliphatic carboxylic acids is 1. The van der Waals surface area contributed by atoms with Crippen LogP contribution in [0, 0.1) is 5.92 Å². The monoisotopic (exact) mass is 230 g/mol. The van der Waals surface area contributed by atoms with Crippen LogP contribution >= 0.6 is 0 Å². The van der Waals surface area contributed by atoms with Crippen LogP contribution in [-0.2, 0) is 14.4 Å². The smallest absolute Gasteiger partial charge is 0.303 e. The van der Waals surface area contributed by atoms with Gasteiger partial charge in [-0.25, -0.2) is 0 Å². The van der Waals surface area contributed by atoms with Gasteiger partial charge in [0.15, 0.2) is 0 Å². The second-order valence-electron chi connectivity index (χ2n) is 3.81. The van der Waals surface area contributed by atoms with Gasteiger partial charge < -0.3 is 15.7 Å². The topological polar surface area (TPSA) is 95.5 Å². The third-order valence-electron chi connectivity index (χ3n) is 2.07. The van der Waals surface area contributed by atoms with Crippen molar-refractivity contribution in [3.63, 3.8) is 0 Å². The fourth-order valence-electron chi connectivity index (χ4n) is 1.27. The van der Waals surface area contributed by atoms with Crippen LogP contribution < -0.4 is 10.6 Å². The van der Waals surface area contributed by atoms with Crippen LogP contribution in [0.15, 0.2) is 0 Å². The minimum absolute atomic E-state index is 0.0538. The summed E-state index contributed by atoms with van der Waals surface area (Å²) in [4.78, 5) is 32.8. The highest BCUT2D eigenvalue weighted by Gasteiger charge is 2.17. The molecule has 0 heterocycles. The van der Waals surface area contributed by atoms with E-state index in [-0.39, 0.29) is 30.6 Å². The molecule has 2 amide bonds. The van der Waals surface area contributed by atoms with Gasteiger partial charge in [-0.2, -0.15) is 0 Å². The maximum atomic E-state index is 11.4. The number of hydrogen-bond acceptors (Lipinski definition) is 3. The van der Waals surface area contributed by atoms with Crippen molar-refractivity contribution in [3.05, 3.63) is 0 Å². The van der Waals surface area contributed by atoms with Gasteiger partial charge in [-0.15, -0.1) is 0 Å². The van der Waals surface area contributed by atoms with E-state index in [9.17, 15) is 14.4 Å². The van der Waals surface area contributed by atoms with E-state index in [4.69, 9.17) is 5.11 Å². The van der Waals surface area contributed by atoms with Crippen LogP contribution in [-0.4, -0.2) is 36.0 Å². The minimum Gasteiger partial charge on any atom is -0.481 e. The van der Waals surface area contributed by atoms with Gasteiger partial charge in [0, 0.05) is 19.9 Å². The number of hydrogen-bond donors (Lipinski definition) is 3. The summed E-state index contributed by atoms with van der Waals surface area (Å²) in [6.07, 6.45) is 0.0510. The van der Waals surface area contributed by atoms with Crippen LogP contribution in [0.4, 0.5) is 0 Å². The van der Waals surface area contributed by atoms with E-state index in [1.165, 1.54) is 7.05 Å². The first kappa shape index (κ1) is 14.4. The van der Waals surface area contributed by atoms with Crippen molar-refractivity contribution in [1.82, 2.24) is 10.6 Å². The largest absolute Gasteiger partial charge is 0.481 e. The summed E-state index contributed by atoms with van der Waals surface area (Å²) in [5.74, 6) is -1.77. The Bertz CT molecular complexity index is 278. The highest BCUT2D eigenvalue weighted by Crippen LogP contribution is 2.06. The molecule has 0 spiro atoms. The molecule has 0 saturated heterocycles. The van der Waals surface area contributed by atoms with Crippen LogP contribution in [0.5, 0.6) is 0 Å². The van der Waals surface area contributed by atoms with Gasteiger partial charge in [0.25, 0.3) is 0 Å². The summed E-state index contributed by atoms with van der Waals surface area (Å²) < 4.78 is 0. The normalized spacial score (nSPS) is 13.7. The first-order valence-electron chi connectivity index (χ1n) is 5.09. The molecule has 2 unspecified atom stereocenters. The van der Waals surface area contributed by atoms with Crippen LogP contribution in [0.25, 0.3) is 0 Å². The van der Waals surface area contributed by atoms with E-state index in [0.29, 0.717) is 0 Å². The molecule has 0 fully saturated rings. The van der Waals surface area contributed by atoms with E-state index in [1.807, 2.05) is 0 Å². The van der Waals surface area contributed by atoms with Gasteiger partial charge in [-0.05, 0) is 12.8 Å². The summed E-state index contributed by atoms with van der Waals surface area (Å²) in [6.45, 7) is 3.25. The van der Waals surface area contributed by atoms with Crippen molar-refractivity contribution >= 4 is 17.8 Å². The Morgan fingerprint density at radius 2 is 1.75 bits per heavy atom. The SMILES string of the molecule is CNC(=O)C(C)NC(=O)CC(C)CC(=O)O. The molecule has 0 aromatic heterocycles. The van der Waals surface area contributed by atoms with E-state index in [1.54, 1.807) is 13.8 Å². The number of amides is 2. The van der Waals surface area contributed by atoms with E-state index in [2.05, 4.69) is 10.6 Å². The zero-order valence-corrected chi connectivity index (χ0v) is 9.74. The Hall–Kier alpha value is -1.59. The molecule has 0 radical (unpaired) electrons. The predicted octanol–water partition coefficient (Wildman–Crippen LogP) is -0.262. The molecule has 3 N–H and O–H groups in total. The Labute approximate surface area is 94.4 Å². The molecular weight excluding hydrogens is 212 g/mol. The van der Waals surface area contributed by atoms with Crippen molar-refractivity contribution < 1.29 is 19.5 Å². The Morgan fingerprint density at radius 1 is 1.19 bits per heavy atom. The Balaban J connectivity index is 3.98. The standard InChI is InChI=1S/C10H18N2O4/c1-6(5-9(14)15)4-8(13)12-7(2)10(16)11-3/h6-7H,4-5H2,1-3H3,(H,11,16)(H,12,13)(H,14,15). The predicted molar refractivity (Wildman–Crippen MR) is 57.7 cm³/mol. The molecule has 2 atom stereocenters. The molecule has 6 nitrogen and oxygen atoms in total. The quantitative estimate of drug-likeness (QED) is 0.585. The van der Waals surface area contributed by atoms with Gasteiger partial charge in [-0.1, -0.05) is 6.92 Å². The van der Waals surface area contributed by atoms with Gasteiger partial charge >= 0.3 is 5.97 Å². The van der Waals surface area contributed by atoms with Crippen molar-refractivity contribution in [1.29, 1.82) is 0 Å². The van der Waals surface area contributed by atoms with Gasteiger partial charge in [0.2, 0.25) is 11.8 Å². The van der Waals surface area contributed by atoms with E-state index in [0.717, 1.165) is 0 Å². The molecule has 16 heavy (non-hydrogen) atoms. The number of carboxylic acid groups (broad SMARTS) is 1. The highest BCUT2D eigenvalue weighted by molar-refractivity contribution is 5.87. The lowest BCUT2D eigenvalue weighted by atomic mass is 10.0. The second kappa shape index (κ2) is 6.81. The van der Waals surface area contributed by atoms with Crippen molar-refractivity contribution in [2.24, 2.45) is 5.92 Å². The van der Waals surface area contributed by atoms with Crippen molar-refractivity contribution in [2.45, 2.75) is 32.7 Å².